The Balaban J connectivity index is 1.83. The van der Waals surface area contributed by atoms with Crippen molar-refractivity contribution >= 4 is 23.5 Å². The van der Waals surface area contributed by atoms with Crippen LogP contribution in [0.15, 0.2) is 24.3 Å². The normalized spacial score (nSPS) is 15.3. The maximum Gasteiger partial charge on any atom is 0.306 e. The summed E-state index contributed by atoms with van der Waals surface area (Å²) in [7, 11) is 2.98. The molecule has 114 valence electrons. The van der Waals surface area contributed by atoms with Crippen LogP contribution in [0.5, 0.6) is 5.75 Å². The number of carbonyl (C=O) groups is 2. The van der Waals surface area contributed by atoms with Crippen LogP contribution in [0.1, 0.15) is 29.6 Å². The minimum Gasteiger partial charge on any atom is -0.496 e. The van der Waals surface area contributed by atoms with Crippen LogP contribution in [-0.4, -0.2) is 37.5 Å². The molecular weight excluding hydrogens is 288 g/mol. The molecule has 0 spiro atoms. The zero-order valence-corrected chi connectivity index (χ0v) is 13.2. The molecule has 0 aliphatic heterocycles. The first kappa shape index (κ1) is 15.9. The largest absolute Gasteiger partial charge is 0.496 e. The van der Waals surface area contributed by atoms with Gasteiger partial charge in [-0.05, 0) is 36.1 Å². The molecule has 0 amide bonds. The Labute approximate surface area is 129 Å². The van der Waals surface area contributed by atoms with E-state index < -0.39 is 0 Å². The summed E-state index contributed by atoms with van der Waals surface area (Å²) in [5.74, 6) is 1.74. The zero-order chi connectivity index (χ0) is 15.3. The number of hydrogen-bond acceptors (Lipinski definition) is 5. The van der Waals surface area contributed by atoms with Crippen molar-refractivity contribution in [1.82, 2.24) is 0 Å². The van der Waals surface area contributed by atoms with Crippen molar-refractivity contribution in [3.05, 3.63) is 29.8 Å². The van der Waals surface area contributed by atoms with Crippen LogP contribution < -0.4 is 4.74 Å². The number of hydrogen-bond donors (Lipinski definition) is 0. The molecule has 1 fully saturated rings. The molecule has 0 atom stereocenters. The molecule has 0 saturated heterocycles. The monoisotopic (exact) mass is 308 g/mol. The highest BCUT2D eigenvalue weighted by Crippen LogP contribution is 2.51. The van der Waals surface area contributed by atoms with E-state index in [2.05, 4.69) is 0 Å². The standard InChI is InChI=1S/C16H20O4S/c1-19-14-6-4-3-5-12(14)13(17)10-21-11-16(7-8-16)9-15(18)20-2/h3-6H,7-11H2,1-2H3. The minimum atomic E-state index is -0.163. The number of ketones is 1. The summed E-state index contributed by atoms with van der Waals surface area (Å²) in [5, 5.41) is 0. The van der Waals surface area contributed by atoms with E-state index in [1.165, 1.54) is 7.11 Å². The number of benzene rings is 1. The summed E-state index contributed by atoms with van der Waals surface area (Å²) in [6.07, 6.45) is 2.54. The van der Waals surface area contributed by atoms with E-state index in [1.54, 1.807) is 31.0 Å². The van der Waals surface area contributed by atoms with Gasteiger partial charge in [0.15, 0.2) is 5.78 Å². The fourth-order valence-corrected chi connectivity index (χ4v) is 3.51. The molecule has 21 heavy (non-hydrogen) atoms. The van der Waals surface area contributed by atoms with E-state index >= 15 is 0 Å². The van der Waals surface area contributed by atoms with Crippen molar-refractivity contribution in [2.45, 2.75) is 19.3 Å². The van der Waals surface area contributed by atoms with E-state index in [1.807, 2.05) is 12.1 Å². The number of rotatable bonds is 8. The van der Waals surface area contributed by atoms with Crippen molar-refractivity contribution in [3.63, 3.8) is 0 Å². The predicted molar refractivity (Wildman–Crippen MR) is 82.9 cm³/mol. The molecule has 1 aromatic carbocycles. The fourth-order valence-electron chi connectivity index (χ4n) is 2.24. The van der Waals surface area contributed by atoms with Gasteiger partial charge in [0.05, 0.1) is 32.0 Å². The smallest absolute Gasteiger partial charge is 0.306 e. The van der Waals surface area contributed by atoms with Gasteiger partial charge in [0.2, 0.25) is 0 Å². The average molecular weight is 308 g/mol. The van der Waals surface area contributed by atoms with Gasteiger partial charge in [0.1, 0.15) is 5.75 Å². The molecule has 0 radical (unpaired) electrons. The van der Waals surface area contributed by atoms with Gasteiger partial charge in [0, 0.05) is 0 Å². The molecule has 0 unspecified atom stereocenters. The van der Waals surface area contributed by atoms with Crippen molar-refractivity contribution in [1.29, 1.82) is 0 Å². The van der Waals surface area contributed by atoms with Gasteiger partial charge in [0.25, 0.3) is 0 Å². The van der Waals surface area contributed by atoms with E-state index in [0.717, 1.165) is 18.6 Å². The van der Waals surface area contributed by atoms with Crippen LogP contribution in [0.25, 0.3) is 0 Å². The Morgan fingerprint density at radius 2 is 1.95 bits per heavy atom. The number of carbonyl (C=O) groups excluding carboxylic acids is 2. The highest BCUT2D eigenvalue weighted by Gasteiger charge is 2.44. The number of methoxy groups -OCH3 is 2. The summed E-state index contributed by atoms with van der Waals surface area (Å²) in [4.78, 5) is 23.6. The number of Topliss-reactive ketones (excluding diaryl/α,β-unsaturated/α-hetero) is 1. The summed E-state index contributed by atoms with van der Waals surface area (Å²) in [5.41, 5.74) is 0.670. The highest BCUT2D eigenvalue weighted by atomic mass is 32.2. The van der Waals surface area contributed by atoms with Crippen molar-refractivity contribution < 1.29 is 19.1 Å². The Kier molecular flexibility index (Phi) is 5.28. The third-order valence-electron chi connectivity index (χ3n) is 3.75. The molecule has 1 saturated carbocycles. The van der Waals surface area contributed by atoms with E-state index in [0.29, 0.717) is 23.5 Å². The van der Waals surface area contributed by atoms with Crippen LogP contribution in [-0.2, 0) is 9.53 Å². The summed E-state index contributed by atoms with van der Waals surface area (Å²) >= 11 is 1.58. The van der Waals surface area contributed by atoms with Gasteiger partial charge < -0.3 is 9.47 Å². The summed E-state index contributed by atoms with van der Waals surface area (Å²) < 4.78 is 9.92. The first-order chi connectivity index (χ1) is 10.1. The molecule has 0 N–H and O–H groups in total. The van der Waals surface area contributed by atoms with Gasteiger partial charge in [-0.3, -0.25) is 9.59 Å². The van der Waals surface area contributed by atoms with Crippen molar-refractivity contribution in [2.75, 3.05) is 25.7 Å². The molecular formula is C16H20O4S. The minimum absolute atomic E-state index is 0.0544. The van der Waals surface area contributed by atoms with E-state index in [4.69, 9.17) is 9.47 Å². The van der Waals surface area contributed by atoms with Crippen LogP contribution in [0, 0.1) is 5.41 Å². The fraction of sp³-hybridized carbons (Fsp3) is 0.500. The lowest BCUT2D eigenvalue weighted by Gasteiger charge is -2.13. The molecule has 1 aliphatic carbocycles. The predicted octanol–water partition coefficient (Wildman–Crippen LogP) is 2.95. The molecule has 0 aromatic heterocycles. The Morgan fingerprint density at radius 3 is 2.57 bits per heavy atom. The first-order valence-electron chi connectivity index (χ1n) is 6.91. The quantitative estimate of drug-likeness (QED) is 0.546. The first-order valence-corrected chi connectivity index (χ1v) is 8.06. The maximum absolute atomic E-state index is 12.2. The third-order valence-corrected chi connectivity index (χ3v) is 5.04. The van der Waals surface area contributed by atoms with Gasteiger partial charge >= 0.3 is 5.97 Å². The van der Waals surface area contributed by atoms with E-state index in [9.17, 15) is 9.59 Å². The number of ether oxygens (including phenoxy) is 2. The van der Waals surface area contributed by atoms with Crippen LogP contribution >= 0.6 is 11.8 Å². The SMILES string of the molecule is COC(=O)CC1(CSCC(=O)c2ccccc2OC)CC1. The summed E-state index contributed by atoms with van der Waals surface area (Å²) in [6.45, 7) is 0. The lowest BCUT2D eigenvalue weighted by molar-refractivity contribution is -0.141. The second-order valence-corrected chi connectivity index (χ2v) is 6.35. The lowest BCUT2D eigenvalue weighted by Crippen LogP contribution is -2.14. The number of para-hydroxylation sites is 1. The number of esters is 1. The topological polar surface area (TPSA) is 52.6 Å². The average Bonchev–Trinajstić information content (AvgIpc) is 3.26. The molecule has 0 bridgehead atoms. The Morgan fingerprint density at radius 1 is 1.24 bits per heavy atom. The van der Waals surface area contributed by atoms with Crippen LogP contribution in [0.2, 0.25) is 0 Å². The van der Waals surface area contributed by atoms with Crippen LogP contribution in [0.3, 0.4) is 0 Å². The highest BCUT2D eigenvalue weighted by molar-refractivity contribution is 8.00. The van der Waals surface area contributed by atoms with Gasteiger partial charge in [-0.25, -0.2) is 0 Å². The molecule has 1 aromatic rings. The molecule has 4 nitrogen and oxygen atoms in total. The lowest BCUT2D eigenvalue weighted by atomic mass is 10.1. The molecule has 5 heteroatoms. The van der Waals surface area contributed by atoms with Gasteiger partial charge in [-0.15, -0.1) is 0 Å². The van der Waals surface area contributed by atoms with Crippen molar-refractivity contribution in [3.8, 4) is 5.75 Å². The Hall–Kier alpha value is -1.49. The maximum atomic E-state index is 12.2. The van der Waals surface area contributed by atoms with Crippen LogP contribution in [0.4, 0.5) is 0 Å². The molecule has 1 aliphatic rings. The Bertz CT molecular complexity index is 523. The molecule has 2 rings (SSSR count). The zero-order valence-electron chi connectivity index (χ0n) is 12.4. The number of thioether (sulfide) groups is 1. The van der Waals surface area contributed by atoms with E-state index in [-0.39, 0.29) is 17.2 Å². The summed E-state index contributed by atoms with van der Waals surface area (Å²) in [6, 6.07) is 7.25. The van der Waals surface area contributed by atoms with Gasteiger partial charge in [-0.1, -0.05) is 12.1 Å². The second kappa shape index (κ2) is 6.98. The second-order valence-electron chi connectivity index (χ2n) is 5.37. The van der Waals surface area contributed by atoms with Crippen molar-refractivity contribution in [2.24, 2.45) is 5.41 Å². The molecule has 0 heterocycles. The van der Waals surface area contributed by atoms with Gasteiger partial charge in [-0.2, -0.15) is 11.8 Å². The third kappa shape index (κ3) is 4.24.